The minimum Gasteiger partial charge on any atom is -0.356 e. The summed E-state index contributed by atoms with van der Waals surface area (Å²) in [4.78, 5) is 29.7. The fourth-order valence-corrected chi connectivity index (χ4v) is 5.24. The van der Waals surface area contributed by atoms with Crippen LogP contribution in [-0.4, -0.2) is 27.8 Å². The number of carbonyl (C=O) groups excluding carboxylic acids is 1. The second-order valence-corrected chi connectivity index (χ2v) is 8.21. The zero-order valence-electron chi connectivity index (χ0n) is 14.6. The Bertz CT molecular complexity index is 769. The number of thioether (sulfide) groups is 1. The number of amides is 1. The van der Waals surface area contributed by atoms with Gasteiger partial charge in [-0.1, -0.05) is 23.4 Å². The zero-order chi connectivity index (χ0) is 17.2. The maximum atomic E-state index is 12.7. The lowest BCUT2D eigenvalue weighted by Crippen LogP contribution is -2.32. The normalized spacial score (nSPS) is 21.6. The Kier molecular flexibility index (Phi) is 4.97. The number of hydrogen-bond acceptors (Lipinski definition) is 4. The van der Waals surface area contributed by atoms with Gasteiger partial charge in [0, 0.05) is 24.3 Å². The standard InChI is InChI=1S/C19H25N3O2S/c23-17(20-10-9-13-5-2-1-3-6-13)11-14-12-25-19-21-16-8-4-7-15(16)18(24)22(14)19/h5,14H,1-4,6-12H2,(H,20,23). The Balaban J connectivity index is 1.36. The number of nitrogens with one attached hydrogen (secondary N) is 1. The Morgan fingerprint density at radius 2 is 2.20 bits per heavy atom. The summed E-state index contributed by atoms with van der Waals surface area (Å²) in [5.74, 6) is 0.811. The topological polar surface area (TPSA) is 64.0 Å². The van der Waals surface area contributed by atoms with Crippen LogP contribution in [0.1, 0.15) is 62.2 Å². The molecule has 6 heteroatoms. The second kappa shape index (κ2) is 7.36. The maximum Gasteiger partial charge on any atom is 0.257 e. The molecule has 1 unspecified atom stereocenters. The number of aromatic nitrogens is 2. The molecule has 2 aliphatic carbocycles. The lowest BCUT2D eigenvalue weighted by atomic mass is 9.97. The average molecular weight is 359 g/mol. The Labute approximate surface area is 152 Å². The molecule has 0 spiro atoms. The minimum atomic E-state index is -0.0557. The molecule has 1 aliphatic heterocycles. The van der Waals surface area contributed by atoms with Crippen molar-refractivity contribution in [3.8, 4) is 0 Å². The van der Waals surface area contributed by atoms with Crippen LogP contribution in [0.4, 0.5) is 0 Å². The molecule has 1 N–H and O–H groups in total. The third-order valence-electron chi connectivity index (χ3n) is 5.45. The highest BCUT2D eigenvalue weighted by Crippen LogP contribution is 2.33. The van der Waals surface area contributed by atoms with Gasteiger partial charge in [0.2, 0.25) is 5.91 Å². The van der Waals surface area contributed by atoms with Crippen LogP contribution < -0.4 is 10.9 Å². The number of allylic oxidation sites excluding steroid dienone is 1. The molecule has 2 heterocycles. The molecular formula is C19H25N3O2S. The van der Waals surface area contributed by atoms with Gasteiger partial charge < -0.3 is 5.32 Å². The molecule has 0 aromatic carbocycles. The van der Waals surface area contributed by atoms with Crippen molar-refractivity contribution in [1.29, 1.82) is 0 Å². The van der Waals surface area contributed by atoms with Gasteiger partial charge in [-0.25, -0.2) is 4.98 Å². The lowest BCUT2D eigenvalue weighted by molar-refractivity contribution is -0.121. The third-order valence-corrected chi connectivity index (χ3v) is 6.54. The van der Waals surface area contributed by atoms with Crippen LogP contribution in [0.25, 0.3) is 0 Å². The Morgan fingerprint density at radius 1 is 1.28 bits per heavy atom. The number of aryl methyl sites for hydroxylation is 1. The first-order valence-electron chi connectivity index (χ1n) is 9.44. The average Bonchev–Trinajstić information content (AvgIpc) is 3.24. The molecule has 1 aromatic rings. The number of fused-ring (bicyclic) bond motifs is 2. The summed E-state index contributed by atoms with van der Waals surface area (Å²) in [6, 6.07) is -0.0557. The smallest absolute Gasteiger partial charge is 0.257 e. The van der Waals surface area contributed by atoms with Crippen molar-refractivity contribution in [1.82, 2.24) is 14.9 Å². The van der Waals surface area contributed by atoms with Gasteiger partial charge in [0.15, 0.2) is 5.16 Å². The van der Waals surface area contributed by atoms with E-state index in [4.69, 9.17) is 0 Å². The van der Waals surface area contributed by atoms with E-state index in [-0.39, 0.29) is 17.5 Å². The maximum absolute atomic E-state index is 12.7. The third kappa shape index (κ3) is 3.54. The summed E-state index contributed by atoms with van der Waals surface area (Å²) in [5.41, 5.74) is 3.42. The molecule has 3 aliphatic rings. The molecule has 1 atom stereocenters. The van der Waals surface area contributed by atoms with E-state index in [2.05, 4.69) is 16.4 Å². The molecule has 25 heavy (non-hydrogen) atoms. The van der Waals surface area contributed by atoms with Crippen LogP contribution >= 0.6 is 11.8 Å². The molecule has 4 rings (SSSR count). The molecule has 5 nitrogen and oxygen atoms in total. The van der Waals surface area contributed by atoms with Gasteiger partial charge in [-0.05, 0) is 51.4 Å². The monoisotopic (exact) mass is 359 g/mol. The highest BCUT2D eigenvalue weighted by molar-refractivity contribution is 7.99. The fourth-order valence-electron chi connectivity index (χ4n) is 4.08. The van der Waals surface area contributed by atoms with E-state index < -0.39 is 0 Å². The quantitative estimate of drug-likeness (QED) is 0.649. The minimum absolute atomic E-state index is 0.0438. The predicted molar refractivity (Wildman–Crippen MR) is 99.1 cm³/mol. The second-order valence-electron chi connectivity index (χ2n) is 7.23. The van der Waals surface area contributed by atoms with E-state index in [1.807, 2.05) is 0 Å². The van der Waals surface area contributed by atoms with Crippen LogP contribution in [0.15, 0.2) is 21.6 Å². The van der Waals surface area contributed by atoms with Crippen LogP contribution in [-0.2, 0) is 17.6 Å². The van der Waals surface area contributed by atoms with E-state index in [0.717, 1.165) is 47.8 Å². The Morgan fingerprint density at radius 3 is 3.04 bits per heavy atom. The molecule has 0 radical (unpaired) electrons. The van der Waals surface area contributed by atoms with E-state index in [9.17, 15) is 9.59 Å². The first-order chi connectivity index (χ1) is 12.2. The Hall–Kier alpha value is -1.56. The molecule has 0 saturated heterocycles. The van der Waals surface area contributed by atoms with Gasteiger partial charge in [0.05, 0.1) is 11.7 Å². The van der Waals surface area contributed by atoms with Gasteiger partial charge in [0.1, 0.15) is 0 Å². The SMILES string of the molecule is O=C(CC1CSc2nc3c(c(=O)n21)CCC3)NCCC1=CCCCC1. The van der Waals surface area contributed by atoms with Crippen molar-refractivity contribution in [2.75, 3.05) is 12.3 Å². The number of hydrogen-bond donors (Lipinski definition) is 1. The van der Waals surface area contributed by atoms with Crippen molar-refractivity contribution in [2.45, 2.75) is 69.0 Å². The molecule has 134 valence electrons. The number of nitrogens with zero attached hydrogens (tertiary/aromatic N) is 2. The van der Waals surface area contributed by atoms with Crippen LogP contribution in [0, 0.1) is 0 Å². The molecule has 0 fully saturated rings. The van der Waals surface area contributed by atoms with Gasteiger partial charge in [0.25, 0.3) is 5.56 Å². The van der Waals surface area contributed by atoms with Crippen LogP contribution in [0.5, 0.6) is 0 Å². The van der Waals surface area contributed by atoms with Crippen molar-refractivity contribution in [3.05, 3.63) is 33.3 Å². The zero-order valence-corrected chi connectivity index (χ0v) is 15.4. The lowest BCUT2D eigenvalue weighted by Gasteiger charge is -2.15. The van der Waals surface area contributed by atoms with Crippen molar-refractivity contribution in [2.24, 2.45) is 0 Å². The van der Waals surface area contributed by atoms with Crippen molar-refractivity contribution < 1.29 is 4.79 Å². The van der Waals surface area contributed by atoms with Crippen molar-refractivity contribution in [3.63, 3.8) is 0 Å². The van der Waals surface area contributed by atoms with E-state index >= 15 is 0 Å². The summed E-state index contributed by atoms with van der Waals surface area (Å²) < 4.78 is 1.78. The largest absolute Gasteiger partial charge is 0.356 e. The van der Waals surface area contributed by atoms with Gasteiger partial charge >= 0.3 is 0 Å². The first kappa shape index (κ1) is 16.9. The fraction of sp³-hybridized carbons (Fsp3) is 0.632. The van der Waals surface area contributed by atoms with Crippen molar-refractivity contribution >= 4 is 17.7 Å². The van der Waals surface area contributed by atoms with Gasteiger partial charge in [-0.3, -0.25) is 14.2 Å². The van der Waals surface area contributed by atoms with E-state index in [0.29, 0.717) is 13.0 Å². The van der Waals surface area contributed by atoms with Gasteiger partial charge in [-0.15, -0.1) is 0 Å². The van der Waals surface area contributed by atoms with E-state index in [1.165, 1.54) is 31.3 Å². The predicted octanol–water partition coefficient (Wildman–Crippen LogP) is 2.78. The molecule has 1 amide bonds. The molecular weight excluding hydrogens is 334 g/mol. The van der Waals surface area contributed by atoms with Gasteiger partial charge in [-0.2, -0.15) is 0 Å². The summed E-state index contributed by atoms with van der Waals surface area (Å²) in [7, 11) is 0. The molecule has 1 aromatic heterocycles. The summed E-state index contributed by atoms with van der Waals surface area (Å²) in [5, 5.41) is 3.84. The van der Waals surface area contributed by atoms with E-state index in [1.54, 1.807) is 16.3 Å². The first-order valence-corrected chi connectivity index (χ1v) is 10.4. The summed E-state index contributed by atoms with van der Waals surface area (Å²) in [6.45, 7) is 0.703. The van der Waals surface area contributed by atoms with Crippen LogP contribution in [0.3, 0.4) is 0 Å². The summed E-state index contributed by atoms with van der Waals surface area (Å²) >= 11 is 1.61. The number of rotatable bonds is 5. The highest BCUT2D eigenvalue weighted by atomic mass is 32.2. The molecule has 0 saturated carbocycles. The number of carbonyl (C=O) groups is 1. The van der Waals surface area contributed by atoms with Crippen LogP contribution in [0.2, 0.25) is 0 Å². The molecule has 0 bridgehead atoms. The highest BCUT2D eigenvalue weighted by Gasteiger charge is 2.30. The summed E-state index contributed by atoms with van der Waals surface area (Å²) in [6.07, 6.45) is 11.3.